The van der Waals surface area contributed by atoms with Gasteiger partial charge in [0.2, 0.25) is 0 Å². The van der Waals surface area contributed by atoms with Crippen molar-refractivity contribution in [3.05, 3.63) is 59.7 Å². The van der Waals surface area contributed by atoms with Crippen LogP contribution < -0.4 is 4.74 Å². The highest BCUT2D eigenvalue weighted by Gasteiger charge is 2.57. The van der Waals surface area contributed by atoms with E-state index < -0.39 is 29.8 Å². The Morgan fingerprint density at radius 1 is 0.808 bits per heavy atom. The summed E-state index contributed by atoms with van der Waals surface area (Å²) in [6.07, 6.45) is -10.9. The first-order chi connectivity index (χ1) is 12.0. The summed E-state index contributed by atoms with van der Waals surface area (Å²) in [5.74, 6) is -3.84. The highest BCUT2D eigenvalue weighted by molar-refractivity contribution is 5.89. The second kappa shape index (κ2) is 7.27. The van der Waals surface area contributed by atoms with Crippen LogP contribution in [-0.4, -0.2) is 25.4 Å². The molecular formula is C17H12F6O3. The molecule has 0 amide bonds. The molecule has 2 aromatic rings. The number of esters is 1. The molecule has 0 aliphatic heterocycles. The van der Waals surface area contributed by atoms with E-state index in [1.165, 1.54) is 31.4 Å². The number of benzene rings is 2. The predicted molar refractivity (Wildman–Crippen MR) is 79.1 cm³/mol. The van der Waals surface area contributed by atoms with Crippen LogP contribution >= 0.6 is 0 Å². The van der Waals surface area contributed by atoms with Crippen LogP contribution in [0.1, 0.15) is 21.8 Å². The lowest BCUT2D eigenvalue weighted by molar-refractivity contribution is -0.253. The molecule has 2 rings (SSSR count). The number of carbonyl (C=O) groups excluding carboxylic acids is 1. The molecule has 0 heterocycles. The molecule has 0 N–H and O–H groups in total. The number of ether oxygens (including phenoxy) is 2. The van der Waals surface area contributed by atoms with Gasteiger partial charge in [-0.05, 0) is 42.0 Å². The summed E-state index contributed by atoms with van der Waals surface area (Å²) in [5, 5.41) is 0. The van der Waals surface area contributed by atoms with Gasteiger partial charge in [-0.1, -0.05) is 12.1 Å². The zero-order valence-corrected chi connectivity index (χ0v) is 13.2. The first kappa shape index (κ1) is 19.6. The minimum Gasteiger partial charge on any atom is -0.465 e. The number of halogens is 6. The van der Waals surface area contributed by atoms with Crippen LogP contribution in [0.2, 0.25) is 0 Å². The van der Waals surface area contributed by atoms with E-state index in [0.29, 0.717) is 12.1 Å². The summed E-state index contributed by atoms with van der Waals surface area (Å²) < 4.78 is 86.0. The lowest BCUT2D eigenvalue weighted by Crippen LogP contribution is -2.34. The molecule has 0 aliphatic rings. The highest BCUT2D eigenvalue weighted by Crippen LogP contribution is 2.46. The van der Waals surface area contributed by atoms with E-state index >= 15 is 0 Å². The van der Waals surface area contributed by atoms with Crippen molar-refractivity contribution in [2.45, 2.75) is 18.3 Å². The predicted octanol–water partition coefficient (Wildman–Crippen LogP) is 5.47. The van der Waals surface area contributed by atoms with Crippen molar-refractivity contribution in [1.82, 2.24) is 0 Å². The minimum absolute atomic E-state index is 0.0441. The molecule has 0 saturated carbocycles. The summed E-state index contributed by atoms with van der Waals surface area (Å²) >= 11 is 0. The van der Waals surface area contributed by atoms with Gasteiger partial charge < -0.3 is 9.47 Å². The maximum Gasteiger partial charge on any atom is 0.404 e. The molecule has 0 atom stereocenters. The van der Waals surface area contributed by atoms with Gasteiger partial charge in [-0.15, -0.1) is 0 Å². The van der Waals surface area contributed by atoms with Gasteiger partial charge in [0, 0.05) is 0 Å². The SMILES string of the molecule is COC(=O)c1ccc(Oc2ccc(C(C(F)(F)F)C(F)(F)F)cc2)cc1. The molecule has 3 nitrogen and oxygen atoms in total. The zero-order valence-electron chi connectivity index (χ0n) is 13.2. The Morgan fingerprint density at radius 2 is 1.23 bits per heavy atom. The van der Waals surface area contributed by atoms with E-state index in [2.05, 4.69) is 4.74 Å². The van der Waals surface area contributed by atoms with Gasteiger partial charge in [-0.2, -0.15) is 26.3 Å². The molecule has 0 radical (unpaired) electrons. The quantitative estimate of drug-likeness (QED) is 0.523. The first-order valence-electron chi connectivity index (χ1n) is 7.12. The molecule has 0 unspecified atom stereocenters. The first-order valence-corrected chi connectivity index (χ1v) is 7.12. The van der Waals surface area contributed by atoms with Crippen LogP contribution in [-0.2, 0) is 4.74 Å². The largest absolute Gasteiger partial charge is 0.465 e. The molecule has 0 bridgehead atoms. The Hall–Kier alpha value is -2.71. The molecular weight excluding hydrogens is 366 g/mol. The molecule has 0 aromatic heterocycles. The highest BCUT2D eigenvalue weighted by atomic mass is 19.4. The van der Waals surface area contributed by atoms with E-state index in [1.807, 2.05) is 0 Å². The van der Waals surface area contributed by atoms with Crippen LogP contribution in [0.5, 0.6) is 11.5 Å². The minimum atomic E-state index is -5.45. The second-order valence-corrected chi connectivity index (χ2v) is 5.20. The Labute approximate surface area is 144 Å². The lowest BCUT2D eigenvalue weighted by atomic mass is 9.98. The maximum atomic E-state index is 12.7. The van der Waals surface area contributed by atoms with E-state index in [-0.39, 0.29) is 17.1 Å². The number of rotatable bonds is 4. The summed E-state index contributed by atoms with van der Waals surface area (Å²) in [6, 6.07) is 9.07. The van der Waals surface area contributed by atoms with Crippen LogP contribution in [0.15, 0.2) is 48.5 Å². The van der Waals surface area contributed by atoms with Gasteiger partial charge >= 0.3 is 18.3 Å². The van der Waals surface area contributed by atoms with Crippen LogP contribution in [0, 0.1) is 0 Å². The van der Waals surface area contributed by atoms with Crippen LogP contribution in [0.3, 0.4) is 0 Å². The van der Waals surface area contributed by atoms with Crippen molar-refractivity contribution in [3.63, 3.8) is 0 Å². The Kier molecular flexibility index (Phi) is 5.48. The van der Waals surface area contributed by atoms with Crippen molar-refractivity contribution in [1.29, 1.82) is 0 Å². The van der Waals surface area contributed by atoms with E-state index in [4.69, 9.17) is 4.74 Å². The van der Waals surface area contributed by atoms with Crippen molar-refractivity contribution in [3.8, 4) is 11.5 Å². The number of hydrogen-bond acceptors (Lipinski definition) is 3. The summed E-state index contributed by atoms with van der Waals surface area (Å²) in [7, 11) is 1.21. The molecule has 140 valence electrons. The van der Waals surface area contributed by atoms with Gasteiger partial charge in [0.1, 0.15) is 11.5 Å². The monoisotopic (exact) mass is 378 g/mol. The average Bonchev–Trinajstić information content (AvgIpc) is 2.54. The zero-order chi connectivity index (χ0) is 19.5. The van der Waals surface area contributed by atoms with Crippen molar-refractivity contribution >= 4 is 5.97 Å². The summed E-state index contributed by atoms with van der Waals surface area (Å²) in [6.45, 7) is 0. The third-order valence-corrected chi connectivity index (χ3v) is 3.38. The summed E-state index contributed by atoms with van der Waals surface area (Å²) in [5.41, 5.74) is -0.674. The molecule has 9 heteroatoms. The van der Waals surface area contributed by atoms with Gasteiger partial charge in [-0.25, -0.2) is 4.79 Å². The number of hydrogen-bond donors (Lipinski definition) is 0. The maximum absolute atomic E-state index is 12.7. The van der Waals surface area contributed by atoms with Crippen molar-refractivity contribution in [2.75, 3.05) is 7.11 Å². The lowest BCUT2D eigenvalue weighted by Gasteiger charge is -2.23. The normalized spacial score (nSPS) is 12.2. The Balaban J connectivity index is 2.18. The number of methoxy groups -OCH3 is 1. The molecule has 0 spiro atoms. The van der Waals surface area contributed by atoms with Gasteiger partial charge in [-0.3, -0.25) is 0 Å². The standard InChI is InChI=1S/C17H12F6O3/c1-25-15(24)11-4-8-13(9-5-11)26-12-6-2-10(3-7-12)14(16(18,19)20)17(21,22)23/h2-9,14H,1H3. The average molecular weight is 378 g/mol. The molecule has 0 saturated heterocycles. The fourth-order valence-corrected chi connectivity index (χ4v) is 2.20. The van der Waals surface area contributed by atoms with Crippen LogP contribution in [0.25, 0.3) is 0 Å². The molecule has 0 aliphatic carbocycles. The molecule has 26 heavy (non-hydrogen) atoms. The van der Waals surface area contributed by atoms with E-state index in [0.717, 1.165) is 12.1 Å². The molecule has 0 fully saturated rings. The fraction of sp³-hybridized carbons (Fsp3) is 0.235. The fourth-order valence-electron chi connectivity index (χ4n) is 2.20. The van der Waals surface area contributed by atoms with E-state index in [1.54, 1.807) is 0 Å². The van der Waals surface area contributed by atoms with Crippen molar-refractivity contribution < 1.29 is 40.6 Å². The van der Waals surface area contributed by atoms with E-state index in [9.17, 15) is 31.1 Å². The molecule has 2 aromatic carbocycles. The number of alkyl halides is 6. The van der Waals surface area contributed by atoms with Crippen molar-refractivity contribution in [2.24, 2.45) is 0 Å². The second-order valence-electron chi connectivity index (χ2n) is 5.20. The smallest absolute Gasteiger partial charge is 0.404 e. The third-order valence-electron chi connectivity index (χ3n) is 3.38. The van der Waals surface area contributed by atoms with Gasteiger partial charge in [0.25, 0.3) is 0 Å². The van der Waals surface area contributed by atoms with Crippen LogP contribution in [0.4, 0.5) is 26.3 Å². The van der Waals surface area contributed by atoms with Gasteiger partial charge in [0.15, 0.2) is 5.92 Å². The summed E-state index contributed by atoms with van der Waals surface area (Å²) in [4.78, 5) is 11.3. The van der Waals surface area contributed by atoms with Gasteiger partial charge in [0.05, 0.1) is 12.7 Å². The Morgan fingerprint density at radius 3 is 1.62 bits per heavy atom. The Bertz CT molecular complexity index is 734. The third kappa shape index (κ3) is 4.68. The topological polar surface area (TPSA) is 35.5 Å². The number of carbonyl (C=O) groups is 1.